The van der Waals surface area contributed by atoms with Crippen LogP contribution in [0.1, 0.15) is 11.1 Å². The third-order valence-electron chi connectivity index (χ3n) is 2.84. The lowest BCUT2D eigenvalue weighted by atomic mass is 10.2. The maximum Gasteiger partial charge on any atom is 0.267 e. The zero-order chi connectivity index (χ0) is 15.8. The predicted molar refractivity (Wildman–Crippen MR) is 80.5 cm³/mol. The van der Waals surface area contributed by atoms with Gasteiger partial charge in [0.15, 0.2) is 11.5 Å². The predicted octanol–water partition coefficient (Wildman–Crippen LogP) is 2.19. The fourth-order valence-electron chi connectivity index (χ4n) is 1.76. The van der Waals surface area contributed by atoms with Crippen LogP contribution in [0.2, 0.25) is 0 Å². The Kier molecular flexibility index (Phi) is 5.50. The van der Waals surface area contributed by atoms with E-state index in [1.807, 2.05) is 12.1 Å². The lowest BCUT2D eigenvalue weighted by Crippen LogP contribution is -2.14. The molecule has 0 saturated carbocycles. The van der Waals surface area contributed by atoms with Gasteiger partial charge < -0.3 is 9.47 Å². The van der Waals surface area contributed by atoms with Crippen molar-refractivity contribution in [1.82, 2.24) is 10.5 Å². The Labute approximate surface area is 128 Å². The summed E-state index contributed by atoms with van der Waals surface area (Å²) in [6.45, 7) is 0.381. The molecule has 0 aliphatic rings. The number of rotatable bonds is 6. The van der Waals surface area contributed by atoms with Crippen LogP contribution < -0.4 is 15.0 Å². The molecular weight excluding hydrogens is 284 g/mol. The van der Waals surface area contributed by atoms with Crippen LogP contribution in [0.5, 0.6) is 11.5 Å². The number of hydrogen-bond acceptors (Lipinski definition) is 5. The van der Waals surface area contributed by atoms with E-state index in [2.05, 4.69) is 4.98 Å². The van der Waals surface area contributed by atoms with Crippen molar-refractivity contribution in [3.8, 4) is 11.5 Å². The van der Waals surface area contributed by atoms with Crippen LogP contribution in [-0.4, -0.2) is 23.2 Å². The molecule has 114 valence electrons. The molecule has 0 bridgehead atoms. The Hall–Kier alpha value is -2.86. The molecule has 2 aromatic rings. The van der Waals surface area contributed by atoms with Crippen LogP contribution in [0.3, 0.4) is 0 Å². The molecule has 0 unspecified atom stereocenters. The summed E-state index contributed by atoms with van der Waals surface area (Å²) in [5, 5.41) is 8.44. The number of nitrogens with one attached hydrogen (secondary N) is 1. The van der Waals surface area contributed by atoms with E-state index in [-0.39, 0.29) is 0 Å². The molecular formula is C16H16N2O4. The van der Waals surface area contributed by atoms with E-state index in [9.17, 15) is 4.79 Å². The van der Waals surface area contributed by atoms with E-state index in [1.54, 1.807) is 43.8 Å². The van der Waals surface area contributed by atoms with Crippen molar-refractivity contribution >= 4 is 12.0 Å². The van der Waals surface area contributed by atoms with Gasteiger partial charge in [0, 0.05) is 24.0 Å². The first kappa shape index (κ1) is 15.5. The number of aromatic nitrogens is 1. The van der Waals surface area contributed by atoms with Crippen molar-refractivity contribution in [3.05, 3.63) is 59.9 Å². The Balaban J connectivity index is 2.09. The van der Waals surface area contributed by atoms with E-state index in [0.29, 0.717) is 18.1 Å². The zero-order valence-corrected chi connectivity index (χ0v) is 12.0. The summed E-state index contributed by atoms with van der Waals surface area (Å²) in [4.78, 5) is 15.0. The summed E-state index contributed by atoms with van der Waals surface area (Å²) in [6.07, 6.45) is 6.20. The topological polar surface area (TPSA) is 80.7 Å². The molecule has 1 aromatic carbocycles. The van der Waals surface area contributed by atoms with Gasteiger partial charge in [-0.2, -0.15) is 0 Å². The normalized spacial score (nSPS) is 10.5. The van der Waals surface area contributed by atoms with Gasteiger partial charge in [0.1, 0.15) is 6.61 Å². The van der Waals surface area contributed by atoms with Gasteiger partial charge >= 0.3 is 0 Å². The molecule has 0 aliphatic heterocycles. The average molecular weight is 300 g/mol. The van der Waals surface area contributed by atoms with Crippen molar-refractivity contribution in [2.45, 2.75) is 6.61 Å². The number of methoxy groups -OCH3 is 1. The highest BCUT2D eigenvalue weighted by molar-refractivity contribution is 5.90. The summed E-state index contributed by atoms with van der Waals surface area (Å²) in [5.41, 5.74) is 3.22. The lowest BCUT2D eigenvalue weighted by Gasteiger charge is -2.11. The van der Waals surface area contributed by atoms with Crippen molar-refractivity contribution in [3.63, 3.8) is 0 Å². The summed E-state index contributed by atoms with van der Waals surface area (Å²) in [6, 6.07) is 9.04. The monoisotopic (exact) mass is 300 g/mol. The summed E-state index contributed by atoms with van der Waals surface area (Å²) >= 11 is 0. The van der Waals surface area contributed by atoms with Gasteiger partial charge in [-0.1, -0.05) is 12.1 Å². The van der Waals surface area contributed by atoms with Crippen LogP contribution in [-0.2, 0) is 11.4 Å². The van der Waals surface area contributed by atoms with E-state index < -0.39 is 5.91 Å². The average Bonchev–Trinajstić information content (AvgIpc) is 2.58. The Morgan fingerprint density at radius 1 is 1.36 bits per heavy atom. The molecule has 6 nitrogen and oxygen atoms in total. The third kappa shape index (κ3) is 4.32. The van der Waals surface area contributed by atoms with Gasteiger partial charge in [-0.05, 0) is 29.8 Å². The summed E-state index contributed by atoms with van der Waals surface area (Å²) in [7, 11) is 1.54. The molecule has 0 radical (unpaired) electrons. The highest BCUT2D eigenvalue weighted by Crippen LogP contribution is 2.29. The van der Waals surface area contributed by atoms with Crippen LogP contribution in [0.4, 0.5) is 0 Å². The number of pyridine rings is 1. The second-order valence-corrected chi connectivity index (χ2v) is 4.37. The SMILES string of the molecule is COc1cc(/C=C/C(=O)NO)ccc1OCc1cccnc1. The van der Waals surface area contributed by atoms with E-state index in [4.69, 9.17) is 14.7 Å². The van der Waals surface area contributed by atoms with Crippen molar-refractivity contribution in [2.75, 3.05) is 7.11 Å². The lowest BCUT2D eigenvalue weighted by molar-refractivity contribution is -0.124. The minimum Gasteiger partial charge on any atom is -0.493 e. The van der Waals surface area contributed by atoms with Gasteiger partial charge in [-0.15, -0.1) is 0 Å². The number of benzene rings is 1. The maximum absolute atomic E-state index is 11.0. The van der Waals surface area contributed by atoms with E-state index in [0.717, 1.165) is 11.1 Å². The van der Waals surface area contributed by atoms with Crippen LogP contribution >= 0.6 is 0 Å². The maximum atomic E-state index is 11.0. The number of carbonyl (C=O) groups excluding carboxylic acids is 1. The Morgan fingerprint density at radius 3 is 2.91 bits per heavy atom. The van der Waals surface area contributed by atoms with Crippen molar-refractivity contribution in [1.29, 1.82) is 0 Å². The molecule has 0 saturated heterocycles. The van der Waals surface area contributed by atoms with Gasteiger partial charge in [0.05, 0.1) is 7.11 Å². The first-order valence-electron chi connectivity index (χ1n) is 6.55. The highest BCUT2D eigenvalue weighted by atomic mass is 16.5. The van der Waals surface area contributed by atoms with Crippen LogP contribution in [0, 0.1) is 0 Å². The smallest absolute Gasteiger partial charge is 0.267 e. The standard InChI is InChI=1S/C16H16N2O4/c1-21-15-9-12(5-7-16(19)18-20)4-6-14(15)22-11-13-3-2-8-17-10-13/h2-10,20H,11H2,1H3,(H,18,19)/b7-5+. The van der Waals surface area contributed by atoms with Crippen molar-refractivity contribution in [2.24, 2.45) is 0 Å². The molecule has 2 rings (SSSR count). The molecule has 1 aromatic heterocycles. The molecule has 6 heteroatoms. The van der Waals surface area contributed by atoms with Crippen molar-refractivity contribution < 1.29 is 19.5 Å². The molecule has 0 aliphatic carbocycles. The minimum absolute atomic E-state index is 0.381. The van der Waals surface area contributed by atoms with E-state index in [1.165, 1.54) is 11.6 Å². The van der Waals surface area contributed by atoms with Gasteiger partial charge in [0.2, 0.25) is 0 Å². The number of hydrogen-bond donors (Lipinski definition) is 2. The van der Waals surface area contributed by atoms with Crippen LogP contribution in [0.15, 0.2) is 48.8 Å². The molecule has 0 fully saturated rings. The zero-order valence-electron chi connectivity index (χ0n) is 12.0. The second kappa shape index (κ2) is 7.80. The third-order valence-corrected chi connectivity index (χ3v) is 2.84. The molecule has 22 heavy (non-hydrogen) atoms. The number of amides is 1. The number of ether oxygens (including phenoxy) is 2. The quantitative estimate of drug-likeness (QED) is 0.485. The molecule has 2 N–H and O–H groups in total. The highest BCUT2D eigenvalue weighted by Gasteiger charge is 2.05. The largest absolute Gasteiger partial charge is 0.493 e. The summed E-state index contributed by atoms with van der Waals surface area (Å²) < 4.78 is 11.0. The fourth-order valence-corrected chi connectivity index (χ4v) is 1.76. The van der Waals surface area contributed by atoms with E-state index >= 15 is 0 Å². The molecule has 0 spiro atoms. The Morgan fingerprint density at radius 2 is 2.23 bits per heavy atom. The minimum atomic E-state index is -0.601. The first-order valence-corrected chi connectivity index (χ1v) is 6.55. The molecule has 0 atom stereocenters. The number of nitrogens with zero attached hydrogens (tertiary/aromatic N) is 1. The summed E-state index contributed by atoms with van der Waals surface area (Å²) in [5.74, 6) is 0.543. The number of hydroxylamine groups is 1. The van der Waals surface area contributed by atoms with Crippen LogP contribution in [0.25, 0.3) is 6.08 Å². The number of carbonyl (C=O) groups is 1. The molecule has 1 amide bonds. The fraction of sp³-hybridized carbons (Fsp3) is 0.125. The second-order valence-electron chi connectivity index (χ2n) is 4.37. The van der Waals surface area contributed by atoms with Gasteiger partial charge in [-0.3, -0.25) is 15.0 Å². The van der Waals surface area contributed by atoms with Gasteiger partial charge in [0.25, 0.3) is 5.91 Å². The molecule has 1 heterocycles. The van der Waals surface area contributed by atoms with Gasteiger partial charge in [-0.25, -0.2) is 5.48 Å². The Bertz CT molecular complexity index is 656. The first-order chi connectivity index (χ1) is 10.7.